The largest absolute Gasteiger partial charge is 0.417 e. The average Bonchev–Trinajstić information content (AvgIpc) is 3.35. The molecule has 0 aliphatic heterocycles. The third kappa shape index (κ3) is 4.38. The molecule has 7 nitrogen and oxygen atoms in total. The maximum Gasteiger partial charge on any atom is 0.417 e. The minimum absolute atomic E-state index is 0.109. The quantitative estimate of drug-likeness (QED) is 0.497. The molecular formula is C17H16F3N5O2S. The van der Waals surface area contributed by atoms with Crippen molar-refractivity contribution in [3.63, 3.8) is 0 Å². The number of rotatable bonds is 6. The smallest absolute Gasteiger partial charge is 0.391 e. The number of amides is 1. The van der Waals surface area contributed by atoms with Gasteiger partial charge in [-0.2, -0.15) is 13.2 Å². The molecule has 3 aromatic rings. The number of hydrogen-bond donors (Lipinski definition) is 4. The second-order valence-corrected chi connectivity index (χ2v) is 6.95. The average molecular weight is 411 g/mol. The van der Waals surface area contributed by atoms with Crippen LogP contribution in [0.5, 0.6) is 0 Å². The standard InChI is InChI=1S/C17H16F3N5O2S/c18-17(19,20)9-1-2-11(22-6-9)12-3-4-13(24-12)15(27)25-14(5-21)16-23-7-10(8-26)28-16/h1-4,6-7,14,24,26H,5,8,21H2,(H,25,27). The van der Waals surface area contributed by atoms with Gasteiger partial charge in [-0.1, -0.05) is 0 Å². The van der Waals surface area contributed by atoms with Crippen LogP contribution >= 0.6 is 11.3 Å². The summed E-state index contributed by atoms with van der Waals surface area (Å²) in [6, 6.07) is 4.67. The molecule has 0 aliphatic rings. The molecule has 0 saturated heterocycles. The number of carbonyl (C=O) groups excluding carboxylic acids is 1. The van der Waals surface area contributed by atoms with Crippen molar-refractivity contribution in [3.05, 3.63) is 57.8 Å². The Morgan fingerprint density at radius 2 is 2.04 bits per heavy atom. The molecule has 28 heavy (non-hydrogen) atoms. The van der Waals surface area contributed by atoms with Crippen LogP contribution in [-0.4, -0.2) is 32.5 Å². The highest BCUT2D eigenvalue weighted by Crippen LogP contribution is 2.29. The number of nitrogens with one attached hydrogen (secondary N) is 2. The van der Waals surface area contributed by atoms with Crippen molar-refractivity contribution in [3.8, 4) is 11.4 Å². The number of aromatic nitrogens is 3. The number of nitrogens with zero attached hydrogens (tertiary/aromatic N) is 2. The lowest BCUT2D eigenvalue weighted by atomic mass is 10.2. The number of carbonyl (C=O) groups is 1. The van der Waals surface area contributed by atoms with Crippen molar-refractivity contribution in [2.75, 3.05) is 6.54 Å². The third-order valence-corrected chi connectivity index (χ3v) is 4.96. The van der Waals surface area contributed by atoms with E-state index in [1.807, 2.05) is 0 Å². The fourth-order valence-corrected chi connectivity index (χ4v) is 3.25. The summed E-state index contributed by atoms with van der Waals surface area (Å²) in [5.74, 6) is -0.450. The number of H-pyrrole nitrogens is 1. The monoisotopic (exact) mass is 411 g/mol. The predicted octanol–water partition coefficient (Wildman–Crippen LogP) is 2.47. The number of halogens is 3. The number of aromatic amines is 1. The highest BCUT2D eigenvalue weighted by atomic mass is 32.1. The van der Waals surface area contributed by atoms with Crippen LogP contribution in [-0.2, 0) is 12.8 Å². The lowest BCUT2D eigenvalue weighted by Gasteiger charge is -2.13. The van der Waals surface area contributed by atoms with Gasteiger partial charge in [-0.05, 0) is 24.3 Å². The number of hydrogen-bond acceptors (Lipinski definition) is 6. The van der Waals surface area contributed by atoms with E-state index >= 15 is 0 Å². The molecule has 0 saturated carbocycles. The van der Waals surface area contributed by atoms with Crippen molar-refractivity contribution >= 4 is 17.2 Å². The molecule has 3 aromatic heterocycles. The van der Waals surface area contributed by atoms with Gasteiger partial charge in [0.05, 0.1) is 34.5 Å². The second kappa shape index (κ2) is 8.09. The lowest BCUT2D eigenvalue weighted by molar-refractivity contribution is -0.137. The summed E-state index contributed by atoms with van der Waals surface area (Å²) < 4.78 is 37.9. The Kier molecular flexibility index (Phi) is 5.77. The number of aliphatic hydroxyl groups is 1. The van der Waals surface area contributed by atoms with Gasteiger partial charge < -0.3 is 21.1 Å². The van der Waals surface area contributed by atoms with E-state index in [2.05, 4.69) is 20.3 Å². The maximum absolute atomic E-state index is 12.6. The van der Waals surface area contributed by atoms with E-state index in [1.54, 1.807) is 6.07 Å². The van der Waals surface area contributed by atoms with Crippen molar-refractivity contribution in [2.24, 2.45) is 5.73 Å². The van der Waals surface area contributed by atoms with Crippen LogP contribution in [0.2, 0.25) is 0 Å². The SMILES string of the molecule is NCC(NC(=O)c1ccc(-c2ccc(C(F)(F)F)cn2)[nH]1)c1ncc(CO)s1. The summed E-state index contributed by atoms with van der Waals surface area (Å²) >= 11 is 1.24. The summed E-state index contributed by atoms with van der Waals surface area (Å²) in [4.78, 5) is 23.9. The van der Waals surface area contributed by atoms with Gasteiger partial charge in [-0.15, -0.1) is 11.3 Å². The summed E-state index contributed by atoms with van der Waals surface area (Å²) in [6.45, 7) is -0.0405. The Bertz CT molecular complexity index is 952. The van der Waals surface area contributed by atoms with Gasteiger partial charge in [0.15, 0.2) is 0 Å². The summed E-state index contributed by atoms with van der Waals surface area (Å²) in [6.07, 6.45) is -2.21. The Labute approximate surface area is 161 Å². The van der Waals surface area contributed by atoms with Crippen LogP contribution in [0.15, 0.2) is 36.7 Å². The highest BCUT2D eigenvalue weighted by molar-refractivity contribution is 7.11. The van der Waals surface area contributed by atoms with E-state index in [0.717, 1.165) is 12.3 Å². The van der Waals surface area contributed by atoms with E-state index < -0.39 is 23.7 Å². The van der Waals surface area contributed by atoms with Gasteiger partial charge in [0.1, 0.15) is 10.7 Å². The minimum atomic E-state index is -4.46. The molecule has 0 aromatic carbocycles. The second-order valence-electron chi connectivity index (χ2n) is 5.80. The number of thiazole rings is 1. The van der Waals surface area contributed by atoms with Gasteiger partial charge in [-0.25, -0.2) is 4.98 Å². The number of alkyl halides is 3. The molecular weight excluding hydrogens is 395 g/mol. The molecule has 1 atom stereocenters. The van der Waals surface area contributed by atoms with Crippen LogP contribution in [0.1, 0.15) is 32.0 Å². The van der Waals surface area contributed by atoms with Crippen LogP contribution in [0.25, 0.3) is 11.4 Å². The Morgan fingerprint density at radius 1 is 1.25 bits per heavy atom. The first-order chi connectivity index (χ1) is 13.3. The third-order valence-electron chi connectivity index (χ3n) is 3.86. The van der Waals surface area contributed by atoms with Gasteiger partial charge in [0.25, 0.3) is 5.91 Å². The Morgan fingerprint density at radius 3 is 2.61 bits per heavy atom. The molecule has 3 heterocycles. The zero-order valence-corrected chi connectivity index (χ0v) is 15.1. The minimum Gasteiger partial charge on any atom is -0.391 e. The van der Waals surface area contributed by atoms with Crippen molar-refractivity contribution < 1.29 is 23.1 Å². The molecule has 0 aliphatic carbocycles. The first-order valence-electron chi connectivity index (χ1n) is 8.11. The molecule has 0 spiro atoms. The number of aliphatic hydroxyl groups excluding tert-OH is 1. The van der Waals surface area contributed by atoms with E-state index in [-0.39, 0.29) is 24.5 Å². The van der Waals surface area contributed by atoms with E-state index in [9.17, 15) is 18.0 Å². The normalized spacial score (nSPS) is 12.8. The first-order valence-corrected chi connectivity index (χ1v) is 8.92. The summed E-state index contributed by atoms with van der Waals surface area (Å²) in [5, 5.41) is 12.4. The van der Waals surface area contributed by atoms with Crippen molar-refractivity contribution in [1.82, 2.24) is 20.3 Å². The van der Waals surface area contributed by atoms with Gasteiger partial charge in [0.2, 0.25) is 0 Å². The topological polar surface area (TPSA) is 117 Å². The van der Waals surface area contributed by atoms with E-state index in [0.29, 0.717) is 15.6 Å². The zero-order chi connectivity index (χ0) is 20.3. The highest BCUT2D eigenvalue weighted by Gasteiger charge is 2.30. The summed E-state index contributed by atoms with van der Waals surface area (Å²) in [7, 11) is 0. The van der Waals surface area contributed by atoms with Gasteiger partial charge in [-0.3, -0.25) is 9.78 Å². The molecule has 148 valence electrons. The molecule has 0 radical (unpaired) electrons. The van der Waals surface area contributed by atoms with Crippen LogP contribution in [0.3, 0.4) is 0 Å². The van der Waals surface area contributed by atoms with Crippen LogP contribution in [0, 0.1) is 0 Å². The Hall–Kier alpha value is -2.76. The van der Waals surface area contributed by atoms with Gasteiger partial charge in [0, 0.05) is 18.9 Å². The van der Waals surface area contributed by atoms with Crippen LogP contribution < -0.4 is 11.1 Å². The first kappa shape index (κ1) is 20.0. The molecule has 1 amide bonds. The predicted molar refractivity (Wildman–Crippen MR) is 96.3 cm³/mol. The molecule has 11 heteroatoms. The molecule has 1 unspecified atom stereocenters. The van der Waals surface area contributed by atoms with Crippen molar-refractivity contribution in [2.45, 2.75) is 18.8 Å². The Balaban J connectivity index is 1.72. The summed E-state index contributed by atoms with van der Waals surface area (Å²) in [5.41, 5.74) is 5.73. The van der Waals surface area contributed by atoms with Crippen LogP contribution in [0.4, 0.5) is 13.2 Å². The van der Waals surface area contributed by atoms with Gasteiger partial charge >= 0.3 is 6.18 Å². The number of pyridine rings is 1. The number of nitrogens with two attached hydrogens (primary N) is 1. The van der Waals surface area contributed by atoms with E-state index in [4.69, 9.17) is 10.8 Å². The molecule has 0 bridgehead atoms. The van der Waals surface area contributed by atoms with E-state index in [1.165, 1.54) is 29.7 Å². The molecule has 0 fully saturated rings. The molecule has 3 rings (SSSR count). The molecule has 5 N–H and O–H groups in total. The fraction of sp³-hybridized carbons (Fsp3) is 0.235. The van der Waals surface area contributed by atoms with Crippen molar-refractivity contribution in [1.29, 1.82) is 0 Å². The maximum atomic E-state index is 12.6. The lowest BCUT2D eigenvalue weighted by Crippen LogP contribution is -2.33. The zero-order valence-electron chi connectivity index (χ0n) is 14.3. The fourth-order valence-electron chi connectivity index (χ4n) is 2.41.